The average molecular weight is 620 g/mol. The molecule has 0 bridgehead atoms. The van der Waals surface area contributed by atoms with Crippen molar-refractivity contribution < 1.29 is 9.90 Å². The molecule has 2 aliphatic carbocycles. The van der Waals surface area contributed by atoms with E-state index in [-0.39, 0.29) is 0 Å². The summed E-state index contributed by atoms with van der Waals surface area (Å²) in [5, 5.41) is 26.3. The lowest BCUT2D eigenvalue weighted by atomic mass is 9.66. The minimum Gasteiger partial charge on any atom is -0.387 e. The molecule has 0 aromatic carbocycles. The van der Waals surface area contributed by atoms with E-state index in [1.165, 1.54) is 54.0 Å². The van der Waals surface area contributed by atoms with Crippen LogP contribution in [0, 0.1) is 0 Å². The third kappa shape index (κ3) is 7.13. The van der Waals surface area contributed by atoms with Gasteiger partial charge in [0, 0.05) is 29.8 Å². The first kappa shape index (κ1) is 32.2. The van der Waals surface area contributed by atoms with Crippen molar-refractivity contribution in [2.75, 3.05) is 12.4 Å². The first-order valence-corrected chi connectivity index (χ1v) is 14.0. The summed E-state index contributed by atoms with van der Waals surface area (Å²) in [6, 6.07) is 3.58. The summed E-state index contributed by atoms with van der Waals surface area (Å²) in [6.07, 6.45) is 11.1. The summed E-state index contributed by atoms with van der Waals surface area (Å²) in [5.74, 6) is 1.03. The molecule has 2 atom stereocenters. The van der Waals surface area contributed by atoms with E-state index in [9.17, 15) is 5.11 Å². The van der Waals surface area contributed by atoms with Crippen molar-refractivity contribution in [1.29, 1.82) is 0 Å². The zero-order chi connectivity index (χ0) is 30.3. The van der Waals surface area contributed by atoms with E-state index in [0.717, 1.165) is 11.3 Å². The lowest BCUT2D eigenvalue weighted by Crippen LogP contribution is -2.33. The molecule has 0 radical (unpaired) electrons. The van der Waals surface area contributed by atoms with Gasteiger partial charge >= 0.3 is 0 Å². The SMILES string of the molecule is C=CC(=C)Cl.C=O.CC1CC2(CCC2)c2c1cnc1cc(Cl)nn21.CNc1cnc(-n2ncc(C(C)O)n2)c(Cl)c1. The standard InChI is InChI=1S/C13H14ClN3.C10H12ClN5O.C4H5Cl.CH2O/c1-8-6-13(3-2-4-13)12-9(8)7-15-11-5-10(14)16-17(11)12;1-6(17)9-5-14-16(15-9)10-8(11)3-7(12-2)4-13-10;1-3-4(2)5;1-2/h5,7-8H,2-4,6H2,1H3;3-6,12,17H,1-2H3;3H,1-2H2;1H2. The molecular weight excluding hydrogens is 587 g/mol. The van der Waals surface area contributed by atoms with Gasteiger partial charge in [-0.05, 0) is 43.7 Å². The number of nitrogens with one attached hydrogen (secondary N) is 1. The Hall–Kier alpha value is -3.31. The molecule has 0 saturated heterocycles. The molecule has 6 rings (SSSR count). The highest BCUT2D eigenvalue weighted by molar-refractivity contribution is 6.32. The van der Waals surface area contributed by atoms with Crippen molar-refractivity contribution in [3.8, 4) is 5.82 Å². The molecular formula is C28H33Cl3N8O2. The van der Waals surface area contributed by atoms with Crippen LogP contribution in [0.1, 0.15) is 68.5 Å². The molecule has 218 valence electrons. The topological polar surface area (TPSA) is 123 Å². The Morgan fingerprint density at radius 1 is 1.20 bits per heavy atom. The van der Waals surface area contributed by atoms with E-state index in [0.29, 0.717) is 38.1 Å². The Balaban J connectivity index is 0.000000185. The number of halogens is 3. The second-order valence-corrected chi connectivity index (χ2v) is 11.0. The van der Waals surface area contributed by atoms with Crippen molar-refractivity contribution in [2.24, 2.45) is 0 Å². The normalized spacial score (nSPS) is 16.5. The van der Waals surface area contributed by atoms with Gasteiger partial charge in [0.05, 0.1) is 34.9 Å². The second-order valence-electron chi connectivity index (χ2n) is 9.70. The zero-order valence-corrected chi connectivity index (χ0v) is 25.5. The smallest absolute Gasteiger partial charge is 0.193 e. The van der Waals surface area contributed by atoms with Crippen LogP contribution in [0.4, 0.5) is 5.69 Å². The number of aliphatic hydroxyl groups excluding tert-OH is 1. The zero-order valence-electron chi connectivity index (χ0n) is 23.2. The van der Waals surface area contributed by atoms with Crippen LogP contribution >= 0.6 is 34.8 Å². The first-order valence-electron chi connectivity index (χ1n) is 12.8. The van der Waals surface area contributed by atoms with Crippen LogP contribution in [-0.4, -0.2) is 53.5 Å². The molecule has 1 saturated carbocycles. The van der Waals surface area contributed by atoms with Crippen LogP contribution in [0.2, 0.25) is 10.2 Å². The van der Waals surface area contributed by atoms with Crippen LogP contribution in [-0.2, 0) is 10.2 Å². The maximum absolute atomic E-state index is 9.36. The maximum atomic E-state index is 9.36. The van der Waals surface area contributed by atoms with E-state index in [4.69, 9.17) is 39.6 Å². The number of anilines is 1. The fourth-order valence-corrected chi connectivity index (χ4v) is 5.35. The van der Waals surface area contributed by atoms with Gasteiger partial charge in [-0.1, -0.05) is 67.4 Å². The van der Waals surface area contributed by atoms with E-state index >= 15 is 0 Å². The Morgan fingerprint density at radius 3 is 2.39 bits per heavy atom. The summed E-state index contributed by atoms with van der Waals surface area (Å²) in [7, 11) is 1.78. The summed E-state index contributed by atoms with van der Waals surface area (Å²) in [4.78, 5) is 17.9. The van der Waals surface area contributed by atoms with Gasteiger partial charge in [-0.15, -0.1) is 9.90 Å². The van der Waals surface area contributed by atoms with E-state index < -0.39 is 6.10 Å². The molecule has 4 heterocycles. The number of nitrogens with zero attached hydrogens (tertiary/aromatic N) is 7. The highest BCUT2D eigenvalue weighted by atomic mass is 35.5. The van der Waals surface area contributed by atoms with Gasteiger partial charge in [0.2, 0.25) is 0 Å². The number of aromatic nitrogens is 7. The third-order valence-corrected chi connectivity index (χ3v) is 7.60. The molecule has 10 nitrogen and oxygen atoms in total. The first-order chi connectivity index (χ1) is 19.6. The van der Waals surface area contributed by atoms with Gasteiger partial charge in [0.1, 0.15) is 12.5 Å². The quantitative estimate of drug-likeness (QED) is 0.250. The molecule has 1 fully saturated rings. The van der Waals surface area contributed by atoms with E-state index in [1.54, 1.807) is 26.2 Å². The third-order valence-electron chi connectivity index (χ3n) is 6.98. The van der Waals surface area contributed by atoms with Crippen LogP contribution in [0.3, 0.4) is 0 Å². The second kappa shape index (κ2) is 14.0. The number of hydrogen-bond acceptors (Lipinski definition) is 8. The number of pyridine rings is 1. The van der Waals surface area contributed by atoms with Crippen LogP contribution in [0.5, 0.6) is 0 Å². The maximum Gasteiger partial charge on any atom is 0.193 e. The Kier molecular flexibility index (Phi) is 11.0. The van der Waals surface area contributed by atoms with Gasteiger partial charge in [-0.25, -0.2) is 14.5 Å². The number of allylic oxidation sites excluding steroid dienone is 2. The summed E-state index contributed by atoms with van der Waals surface area (Å²) >= 11 is 17.2. The summed E-state index contributed by atoms with van der Waals surface area (Å²) < 4.78 is 1.99. The minimum atomic E-state index is -0.667. The molecule has 4 aromatic rings. The number of aliphatic hydroxyl groups is 1. The molecule has 2 aliphatic rings. The van der Waals surface area contributed by atoms with Gasteiger partial charge in [-0.2, -0.15) is 10.2 Å². The van der Waals surface area contributed by atoms with E-state index in [2.05, 4.69) is 50.7 Å². The summed E-state index contributed by atoms with van der Waals surface area (Å²) in [6.45, 7) is 12.6. The van der Waals surface area contributed by atoms with Crippen molar-refractivity contribution in [2.45, 2.75) is 57.0 Å². The number of fused-ring (bicyclic) bond motifs is 4. The van der Waals surface area contributed by atoms with Gasteiger partial charge < -0.3 is 15.2 Å². The minimum absolute atomic E-state index is 0.366. The molecule has 41 heavy (non-hydrogen) atoms. The Morgan fingerprint density at radius 2 is 1.88 bits per heavy atom. The van der Waals surface area contributed by atoms with Crippen LogP contribution < -0.4 is 5.32 Å². The average Bonchev–Trinajstić information content (AvgIpc) is 3.65. The fourth-order valence-electron chi connectivity index (χ4n) is 4.93. The summed E-state index contributed by atoms with van der Waals surface area (Å²) in [5.41, 5.74) is 5.28. The lowest BCUT2D eigenvalue weighted by molar-refractivity contribution is -0.0980. The molecule has 4 aromatic heterocycles. The molecule has 13 heteroatoms. The van der Waals surface area contributed by atoms with Crippen molar-refractivity contribution in [3.63, 3.8) is 0 Å². The lowest BCUT2D eigenvalue weighted by Gasteiger charge is -2.39. The fraction of sp³-hybridized carbons (Fsp3) is 0.357. The Labute approximate surface area is 254 Å². The number of rotatable bonds is 4. The molecule has 0 amide bonds. The van der Waals surface area contributed by atoms with Gasteiger partial charge in [0.25, 0.3) is 0 Å². The largest absolute Gasteiger partial charge is 0.387 e. The predicted octanol–water partition coefficient (Wildman–Crippen LogP) is 6.46. The molecule has 2 N–H and O–H groups in total. The Bertz CT molecular complexity index is 1510. The monoisotopic (exact) mass is 618 g/mol. The van der Waals surface area contributed by atoms with Crippen molar-refractivity contribution in [1.82, 2.24) is 34.6 Å². The highest BCUT2D eigenvalue weighted by Gasteiger charge is 2.48. The van der Waals surface area contributed by atoms with Crippen molar-refractivity contribution >= 4 is 52.9 Å². The van der Waals surface area contributed by atoms with Crippen LogP contribution in [0.25, 0.3) is 11.5 Å². The number of hydrogen-bond donors (Lipinski definition) is 2. The number of carbonyl (C=O) groups is 1. The predicted molar refractivity (Wildman–Crippen MR) is 163 cm³/mol. The van der Waals surface area contributed by atoms with Gasteiger partial charge in [-0.3, -0.25) is 0 Å². The van der Waals surface area contributed by atoms with E-state index in [1.807, 2.05) is 23.6 Å². The molecule has 1 spiro atoms. The highest BCUT2D eigenvalue weighted by Crippen LogP contribution is 2.56. The van der Waals surface area contributed by atoms with Crippen LogP contribution in [0.15, 0.2) is 55.0 Å². The molecule has 2 unspecified atom stereocenters. The molecule has 0 aliphatic heterocycles. The number of carbonyl (C=O) groups excluding carboxylic acids is 1. The van der Waals surface area contributed by atoms with Crippen molar-refractivity contribution in [3.05, 3.63) is 82.1 Å². The van der Waals surface area contributed by atoms with Gasteiger partial charge in [0.15, 0.2) is 16.6 Å².